The topological polar surface area (TPSA) is 72.5 Å². The normalized spacial score (nSPS) is 29.8. The van der Waals surface area contributed by atoms with E-state index in [0.29, 0.717) is 4.47 Å². The van der Waals surface area contributed by atoms with Gasteiger partial charge in [-0.3, -0.25) is 4.99 Å². The zero-order valence-electron chi connectivity index (χ0n) is 12.5. The number of hydrogen-bond donors (Lipinski definition) is 1. The first-order valence-electron chi connectivity index (χ1n) is 6.82. The van der Waals surface area contributed by atoms with Crippen LogP contribution in [-0.4, -0.2) is 31.4 Å². The highest BCUT2D eigenvalue weighted by Crippen LogP contribution is 2.40. The maximum absolute atomic E-state index is 14.2. The van der Waals surface area contributed by atoms with E-state index in [-0.39, 0.29) is 17.8 Å². The Labute approximate surface area is 142 Å². The van der Waals surface area contributed by atoms with Crippen LogP contribution in [0.2, 0.25) is 0 Å². The molecule has 2 atom stereocenters. The summed E-state index contributed by atoms with van der Waals surface area (Å²) < 4.78 is 52.6. The molecule has 8 heteroatoms. The third kappa shape index (κ3) is 2.82. The van der Waals surface area contributed by atoms with Gasteiger partial charge in [-0.05, 0) is 31.5 Å². The molecule has 23 heavy (non-hydrogen) atoms. The van der Waals surface area contributed by atoms with E-state index < -0.39 is 38.4 Å². The summed E-state index contributed by atoms with van der Waals surface area (Å²) in [5.74, 6) is -1.62. The summed E-state index contributed by atoms with van der Waals surface area (Å²) in [5.41, 5.74) is 3.86. The number of benzene rings is 1. The van der Waals surface area contributed by atoms with Crippen LogP contribution in [0.1, 0.15) is 18.9 Å². The molecule has 4 nitrogen and oxygen atoms in total. The number of allylic oxidation sites excluding steroid dienone is 1. The van der Waals surface area contributed by atoms with Crippen LogP contribution in [0.15, 0.2) is 40.3 Å². The fraction of sp³-hybridized carbons (Fsp3) is 0.400. The summed E-state index contributed by atoms with van der Waals surface area (Å²) in [7, 11) is -3.88. The molecular formula is C15H17BrF2N2O2S. The molecule has 1 heterocycles. The standard InChI is InChI=1S/C15H17BrF2N2O2S/c1-3-6-14(2)13(19)20-15(8-17,9-23(14,21)22)11-7-10(16)4-5-12(11)18/h3-5,7H,1,6,8-9H2,2H3,(H2,19,20)/t14-,15+/m1/s1. The van der Waals surface area contributed by atoms with Crippen LogP contribution in [-0.2, 0) is 15.4 Å². The van der Waals surface area contributed by atoms with Gasteiger partial charge in [0.15, 0.2) is 9.84 Å². The molecule has 2 rings (SSSR count). The second kappa shape index (κ2) is 5.98. The van der Waals surface area contributed by atoms with E-state index in [2.05, 4.69) is 27.5 Å². The van der Waals surface area contributed by atoms with Gasteiger partial charge in [0.2, 0.25) is 0 Å². The van der Waals surface area contributed by atoms with E-state index in [1.54, 1.807) is 0 Å². The van der Waals surface area contributed by atoms with Crippen LogP contribution >= 0.6 is 15.9 Å². The lowest BCUT2D eigenvalue weighted by molar-refractivity contribution is 0.323. The van der Waals surface area contributed by atoms with Crippen molar-refractivity contribution < 1.29 is 17.2 Å². The Balaban J connectivity index is 2.73. The smallest absolute Gasteiger partial charge is 0.166 e. The van der Waals surface area contributed by atoms with Crippen LogP contribution in [0.4, 0.5) is 8.78 Å². The van der Waals surface area contributed by atoms with Crippen LogP contribution in [0.25, 0.3) is 0 Å². The van der Waals surface area contributed by atoms with Gasteiger partial charge in [0.1, 0.15) is 28.6 Å². The maximum Gasteiger partial charge on any atom is 0.166 e. The average Bonchev–Trinajstić information content (AvgIpc) is 2.47. The van der Waals surface area contributed by atoms with Crippen molar-refractivity contribution in [3.8, 4) is 0 Å². The van der Waals surface area contributed by atoms with Crippen molar-refractivity contribution in [2.75, 3.05) is 12.4 Å². The van der Waals surface area contributed by atoms with Crippen LogP contribution in [0.3, 0.4) is 0 Å². The highest BCUT2D eigenvalue weighted by molar-refractivity contribution is 9.10. The highest BCUT2D eigenvalue weighted by Gasteiger charge is 2.53. The van der Waals surface area contributed by atoms with Gasteiger partial charge in [-0.25, -0.2) is 17.2 Å². The summed E-state index contributed by atoms with van der Waals surface area (Å²) in [6, 6.07) is 3.90. The number of nitrogens with two attached hydrogens (primary N) is 1. The summed E-state index contributed by atoms with van der Waals surface area (Å²) in [4.78, 5) is 4.10. The quantitative estimate of drug-likeness (QED) is 0.781. The lowest BCUT2D eigenvalue weighted by Crippen LogP contribution is -2.57. The number of rotatable bonds is 4. The minimum absolute atomic E-state index is 0.0496. The lowest BCUT2D eigenvalue weighted by atomic mass is 9.92. The summed E-state index contributed by atoms with van der Waals surface area (Å²) in [6.45, 7) is 3.77. The van der Waals surface area contributed by atoms with Crippen molar-refractivity contribution in [3.05, 3.63) is 46.7 Å². The van der Waals surface area contributed by atoms with Crippen LogP contribution in [0.5, 0.6) is 0 Å². The van der Waals surface area contributed by atoms with E-state index in [1.165, 1.54) is 25.1 Å². The molecule has 0 fully saturated rings. The molecule has 1 aliphatic heterocycles. The molecule has 0 spiro atoms. The Kier molecular flexibility index (Phi) is 4.69. The summed E-state index contributed by atoms with van der Waals surface area (Å²) >= 11 is 3.18. The van der Waals surface area contributed by atoms with Gasteiger partial charge in [-0.15, -0.1) is 6.58 Å². The van der Waals surface area contributed by atoms with Gasteiger partial charge < -0.3 is 5.73 Å². The Bertz CT molecular complexity index is 782. The SMILES string of the molecule is C=CC[C@]1(C)C(N)=N[C@](CF)(c2cc(Br)ccc2F)CS1(=O)=O. The van der Waals surface area contributed by atoms with Gasteiger partial charge in [0.25, 0.3) is 0 Å². The van der Waals surface area contributed by atoms with Gasteiger partial charge >= 0.3 is 0 Å². The van der Waals surface area contributed by atoms with Gasteiger partial charge in [0.05, 0.1) is 5.75 Å². The van der Waals surface area contributed by atoms with E-state index in [0.717, 1.165) is 6.07 Å². The molecule has 0 unspecified atom stereocenters. The van der Waals surface area contributed by atoms with Crippen molar-refractivity contribution in [2.45, 2.75) is 23.6 Å². The van der Waals surface area contributed by atoms with Crippen LogP contribution in [0, 0.1) is 5.82 Å². The molecule has 126 valence electrons. The van der Waals surface area contributed by atoms with Crippen molar-refractivity contribution in [3.63, 3.8) is 0 Å². The van der Waals surface area contributed by atoms with Gasteiger partial charge in [-0.2, -0.15) is 0 Å². The molecule has 0 aliphatic carbocycles. The van der Waals surface area contributed by atoms with Gasteiger partial charge in [-0.1, -0.05) is 22.0 Å². The van der Waals surface area contributed by atoms with E-state index in [9.17, 15) is 17.2 Å². The predicted molar refractivity (Wildman–Crippen MR) is 90.4 cm³/mol. The fourth-order valence-electron chi connectivity index (χ4n) is 2.65. The third-order valence-electron chi connectivity index (χ3n) is 4.18. The first-order chi connectivity index (χ1) is 10.6. The van der Waals surface area contributed by atoms with E-state index in [4.69, 9.17) is 5.73 Å². The number of sulfone groups is 1. The molecule has 0 saturated heterocycles. The number of nitrogens with zero attached hydrogens (tertiary/aromatic N) is 1. The molecule has 1 aliphatic rings. The number of halogens is 3. The monoisotopic (exact) mass is 406 g/mol. The Morgan fingerprint density at radius 2 is 2.17 bits per heavy atom. The summed E-state index contributed by atoms with van der Waals surface area (Å²) in [6.07, 6.45) is 1.47. The number of alkyl halides is 1. The molecule has 0 radical (unpaired) electrons. The zero-order chi connectivity index (χ0) is 17.5. The number of aliphatic imine (C=N–C) groups is 1. The third-order valence-corrected chi connectivity index (χ3v) is 7.28. The van der Waals surface area contributed by atoms with Crippen molar-refractivity contribution >= 4 is 31.6 Å². The molecule has 0 bridgehead atoms. The highest BCUT2D eigenvalue weighted by atomic mass is 79.9. The zero-order valence-corrected chi connectivity index (χ0v) is 14.9. The minimum Gasteiger partial charge on any atom is -0.386 e. The molecular weight excluding hydrogens is 390 g/mol. The second-order valence-electron chi connectivity index (χ2n) is 5.77. The van der Waals surface area contributed by atoms with Crippen LogP contribution < -0.4 is 5.73 Å². The summed E-state index contributed by atoms with van der Waals surface area (Å²) in [5, 5.41) is 0. The Hall–Kier alpha value is -1.28. The van der Waals surface area contributed by atoms with E-state index >= 15 is 0 Å². The van der Waals surface area contributed by atoms with E-state index in [1.807, 2.05) is 0 Å². The lowest BCUT2D eigenvalue weighted by Gasteiger charge is -2.40. The number of amidine groups is 1. The maximum atomic E-state index is 14.2. The molecule has 1 aromatic rings. The Morgan fingerprint density at radius 3 is 2.70 bits per heavy atom. The molecule has 0 aromatic heterocycles. The van der Waals surface area contributed by atoms with Gasteiger partial charge in [0, 0.05) is 10.0 Å². The molecule has 2 N–H and O–H groups in total. The predicted octanol–water partition coefficient (Wildman–Crippen LogP) is 2.87. The fourth-order valence-corrected chi connectivity index (χ4v) is 5.00. The first-order valence-corrected chi connectivity index (χ1v) is 9.27. The van der Waals surface area contributed by atoms with Crippen molar-refractivity contribution in [2.24, 2.45) is 10.7 Å². The molecule has 1 aromatic carbocycles. The Morgan fingerprint density at radius 1 is 1.52 bits per heavy atom. The molecule has 0 amide bonds. The second-order valence-corrected chi connectivity index (χ2v) is 9.10. The average molecular weight is 407 g/mol. The molecule has 0 saturated carbocycles. The number of hydrogen-bond acceptors (Lipinski definition) is 4. The van der Waals surface area contributed by atoms with Crippen molar-refractivity contribution in [1.29, 1.82) is 0 Å². The first kappa shape index (κ1) is 18.1. The largest absolute Gasteiger partial charge is 0.386 e. The van der Waals surface area contributed by atoms with Crippen molar-refractivity contribution in [1.82, 2.24) is 0 Å². The minimum atomic E-state index is -3.88.